The van der Waals surface area contributed by atoms with E-state index in [1.165, 1.54) is 0 Å². The Labute approximate surface area is 138 Å². The lowest BCUT2D eigenvalue weighted by Crippen LogP contribution is -2.11. The largest absolute Gasteiger partial charge is 0.451 e. The molecule has 0 radical (unpaired) electrons. The molecule has 0 fully saturated rings. The molecule has 110 valence electrons. The van der Waals surface area contributed by atoms with E-state index in [1.54, 1.807) is 36.4 Å². The molecule has 0 atom stereocenters. The molecule has 5 heteroatoms. The van der Waals surface area contributed by atoms with Crippen molar-refractivity contribution in [1.82, 2.24) is 0 Å². The number of furan rings is 1. The van der Waals surface area contributed by atoms with E-state index in [1.807, 2.05) is 24.3 Å². The summed E-state index contributed by atoms with van der Waals surface area (Å²) in [6, 6.07) is 17.9. The van der Waals surface area contributed by atoms with E-state index in [9.17, 15) is 4.79 Å². The number of carbonyl (C=O) groups excluding carboxylic acids is 1. The van der Waals surface area contributed by atoms with E-state index in [2.05, 4.69) is 17.9 Å². The van der Waals surface area contributed by atoms with Gasteiger partial charge in [0.15, 0.2) is 5.76 Å². The third-order valence-corrected chi connectivity index (χ3v) is 3.75. The quantitative estimate of drug-likeness (QED) is 0.653. The molecule has 3 rings (SSSR count). The Hall–Kier alpha value is -2.17. The zero-order valence-electron chi connectivity index (χ0n) is 11.4. The van der Waals surface area contributed by atoms with Gasteiger partial charge in [0.05, 0.1) is 5.69 Å². The molecule has 0 aliphatic heterocycles. The Balaban J connectivity index is 1.80. The first kappa shape index (κ1) is 14.8. The Morgan fingerprint density at radius 2 is 1.73 bits per heavy atom. The molecule has 2 aromatic carbocycles. The fraction of sp³-hybridized carbons (Fsp3) is 0. The van der Waals surface area contributed by atoms with Crippen LogP contribution in [0.3, 0.4) is 0 Å². The highest BCUT2D eigenvalue weighted by molar-refractivity contribution is 7.80. The average Bonchev–Trinajstić information content (AvgIpc) is 3.00. The molecule has 22 heavy (non-hydrogen) atoms. The molecule has 1 aromatic heterocycles. The molecule has 0 aliphatic carbocycles. The summed E-state index contributed by atoms with van der Waals surface area (Å²) in [7, 11) is 0. The molecule has 0 spiro atoms. The number of benzene rings is 2. The van der Waals surface area contributed by atoms with Crippen LogP contribution in [-0.4, -0.2) is 5.91 Å². The van der Waals surface area contributed by atoms with Gasteiger partial charge >= 0.3 is 0 Å². The zero-order chi connectivity index (χ0) is 15.5. The molecule has 0 aliphatic rings. The Morgan fingerprint density at radius 1 is 1.00 bits per heavy atom. The van der Waals surface area contributed by atoms with Gasteiger partial charge in [0.1, 0.15) is 5.76 Å². The molecule has 0 saturated heterocycles. The average molecular weight is 330 g/mol. The number of nitrogens with one attached hydrogen (secondary N) is 1. The topological polar surface area (TPSA) is 42.2 Å². The summed E-state index contributed by atoms with van der Waals surface area (Å²) in [5.74, 6) is 0.532. The molecule has 3 nitrogen and oxygen atoms in total. The van der Waals surface area contributed by atoms with E-state index in [0.29, 0.717) is 21.4 Å². The number of carbonyl (C=O) groups is 1. The second-order valence-electron chi connectivity index (χ2n) is 4.64. The van der Waals surface area contributed by atoms with Crippen LogP contribution in [0.25, 0.3) is 11.3 Å². The molecule has 0 saturated carbocycles. The predicted molar refractivity (Wildman–Crippen MR) is 90.8 cm³/mol. The van der Waals surface area contributed by atoms with E-state index < -0.39 is 0 Å². The van der Waals surface area contributed by atoms with Crippen LogP contribution in [0, 0.1) is 0 Å². The molecule has 1 amide bonds. The van der Waals surface area contributed by atoms with Crippen molar-refractivity contribution >= 4 is 35.8 Å². The number of thiol groups is 1. The number of para-hydroxylation sites is 1. The molecule has 1 heterocycles. The van der Waals surface area contributed by atoms with Crippen LogP contribution in [0.4, 0.5) is 5.69 Å². The normalized spacial score (nSPS) is 10.5. The van der Waals surface area contributed by atoms with Crippen molar-refractivity contribution in [2.75, 3.05) is 5.32 Å². The van der Waals surface area contributed by atoms with Crippen LogP contribution < -0.4 is 5.32 Å². The van der Waals surface area contributed by atoms with Crippen LogP contribution in [0.5, 0.6) is 0 Å². The van der Waals surface area contributed by atoms with Crippen molar-refractivity contribution in [3.05, 3.63) is 71.4 Å². The van der Waals surface area contributed by atoms with Crippen molar-refractivity contribution in [3.63, 3.8) is 0 Å². The number of hydrogen-bond donors (Lipinski definition) is 2. The van der Waals surface area contributed by atoms with Crippen molar-refractivity contribution in [1.29, 1.82) is 0 Å². The monoisotopic (exact) mass is 329 g/mol. The van der Waals surface area contributed by atoms with E-state index >= 15 is 0 Å². The minimum Gasteiger partial charge on any atom is -0.451 e. The molecule has 0 unspecified atom stereocenters. The fourth-order valence-corrected chi connectivity index (χ4v) is 2.33. The Bertz CT molecular complexity index is 812. The van der Waals surface area contributed by atoms with Gasteiger partial charge in [0.2, 0.25) is 0 Å². The van der Waals surface area contributed by atoms with Gasteiger partial charge in [-0.1, -0.05) is 23.7 Å². The highest BCUT2D eigenvalue weighted by Gasteiger charge is 2.13. The Morgan fingerprint density at radius 3 is 2.45 bits per heavy atom. The molecule has 0 bridgehead atoms. The van der Waals surface area contributed by atoms with Crippen LogP contribution >= 0.6 is 24.2 Å². The van der Waals surface area contributed by atoms with Gasteiger partial charge in [-0.25, -0.2) is 0 Å². The van der Waals surface area contributed by atoms with Crippen LogP contribution in [0.1, 0.15) is 10.6 Å². The lowest BCUT2D eigenvalue weighted by atomic mass is 10.2. The van der Waals surface area contributed by atoms with Crippen LogP contribution in [0.15, 0.2) is 70.0 Å². The molecular formula is C17H12ClNO2S. The number of halogens is 1. The maximum atomic E-state index is 12.2. The summed E-state index contributed by atoms with van der Waals surface area (Å²) in [6.07, 6.45) is 0. The predicted octanol–water partition coefficient (Wildman–Crippen LogP) is 5.14. The molecular weight excluding hydrogens is 318 g/mol. The highest BCUT2D eigenvalue weighted by atomic mass is 35.5. The van der Waals surface area contributed by atoms with Gasteiger partial charge in [-0.15, -0.1) is 12.6 Å². The summed E-state index contributed by atoms with van der Waals surface area (Å²) in [6.45, 7) is 0. The summed E-state index contributed by atoms with van der Waals surface area (Å²) in [5.41, 5.74) is 1.50. The first-order valence-electron chi connectivity index (χ1n) is 6.58. The third kappa shape index (κ3) is 3.18. The van der Waals surface area contributed by atoms with Gasteiger partial charge in [-0.05, 0) is 48.5 Å². The first-order valence-corrected chi connectivity index (χ1v) is 7.41. The van der Waals surface area contributed by atoms with E-state index in [0.717, 1.165) is 5.56 Å². The number of amides is 1. The summed E-state index contributed by atoms with van der Waals surface area (Å²) >= 11 is 10.2. The number of rotatable bonds is 3. The Kier molecular flexibility index (Phi) is 4.22. The summed E-state index contributed by atoms with van der Waals surface area (Å²) < 4.78 is 5.60. The minimum absolute atomic E-state index is 0.238. The van der Waals surface area contributed by atoms with Gasteiger partial charge in [-0.3, -0.25) is 4.79 Å². The molecule has 1 N–H and O–H groups in total. The lowest BCUT2D eigenvalue weighted by molar-refractivity contribution is 0.0997. The maximum Gasteiger partial charge on any atom is 0.291 e. The minimum atomic E-state index is -0.318. The van der Waals surface area contributed by atoms with Gasteiger partial charge in [-0.2, -0.15) is 0 Å². The fourth-order valence-electron chi connectivity index (χ4n) is 1.99. The van der Waals surface area contributed by atoms with Gasteiger partial charge < -0.3 is 9.73 Å². The first-order chi connectivity index (χ1) is 10.6. The highest BCUT2D eigenvalue weighted by Crippen LogP contribution is 2.25. The summed E-state index contributed by atoms with van der Waals surface area (Å²) in [4.78, 5) is 12.9. The van der Waals surface area contributed by atoms with Gasteiger partial charge in [0.25, 0.3) is 5.91 Å². The smallest absolute Gasteiger partial charge is 0.291 e. The van der Waals surface area contributed by atoms with Crippen molar-refractivity contribution in [2.45, 2.75) is 4.90 Å². The second kappa shape index (κ2) is 6.30. The van der Waals surface area contributed by atoms with Crippen LogP contribution in [-0.2, 0) is 0 Å². The van der Waals surface area contributed by atoms with Crippen LogP contribution in [0.2, 0.25) is 5.02 Å². The number of anilines is 1. The standard InChI is InChI=1S/C17H12ClNO2S/c18-12-7-5-11(6-8-12)14-9-10-15(21-14)17(20)19-13-3-1-2-4-16(13)22/h1-10,22H,(H,19,20). The summed E-state index contributed by atoms with van der Waals surface area (Å²) in [5, 5.41) is 3.42. The van der Waals surface area contributed by atoms with E-state index in [4.69, 9.17) is 16.0 Å². The SMILES string of the molecule is O=C(Nc1ccccc1S)c1ccc(-c2ccc(Cl)cc2)o1. The zero-order valence-corrected chi connectivity index (χ0v) is 13.1. The third-order valence-electron chi connectivity index (χ3n) is 3.11. The maximum absolute atomic E-state index is 12.2. The number of hydrogen-bond acceptors (Lipinski definition) is 3. The second-order valence-corrected chi connectivity index (χ2v) is 5.56. The van der Waals surface area contributed by atoms with Crippen molar-refractivity contribution in [3.8, 4) is 11.3 Å². The van der Waals surface area contributed by atoms with Crippen molar-refractivity contribution in [2.24, 2.45) is 0 Å². The van der Waals surface area contributed by atoms with Gasteiger partial charge in [0, 0.05) is 15.5 Å². The molecule has 3 aromatic rings. The van der Waals surface area contributed by atoms with E-state index in [-0.39, 0.29) is 11.7 Å². The van der Waals surface area contributed by atoms with Crippen molar-refractivity contribution < 1.29 is 9.21 Å². The lowest BCUT2D eigenvalue weighted by Gasteiger charge is -2.05.